The molecule has 4 nitrogen and oxygen atoms in total. The zero-order valence-corrected chi connectivity index (χ0v) is 14.4. The lowest BCUT2D eigenvalue weighted by atomic mass is 10.0. The highest BCUT2D eigenvalue weighted by atomic mass is 16.5. The first-order valence-corrected chi connectivity index (χ1v) is 7.75. The molecule has 0 aliphatic rings. The van der Waals surface area contributed by atoms with Crippen LogP contribution in [0.1, 0.15) is 30.9 Å². The predicted molar refractivity (Wildman–Crippen MR) is 94.7 cm³/mol. The lowest BCUT2D eigenvalue weighted by Crippen LogP contribution is -2.03. The summed E-state index contributed by atoms with van der Waals surface area (Å²) in [5.74, 6) is 1.79. The minimum absolute atomic E-state index is 0.429. The Morgan fingerprint density at radius 3 is 2.21 bits per heavy atom. The molecule has 126 valence electrons. The molecule has 2 aromatic rings. The van der Waals surface area contributed by atoms with E-state index in [1.807, 2.05) is 18.2 Å². The number of hydrogen-bond donors (Lipinski definition) is 0. The van der Waals surface area contributed by atoms with Gasteiger partial charge >= 0.3 is 5.97 Å². The van der Waals surface area contributed by atoms with E-state index >= 15 is 0 Å². The summed E-state index contributed by atoms with van der Waals surface area (Å²) in [5, 5.41) is 0. The topological polar surface area (TPSA) is 44.8 Å². The summed E-state index contributed by atoms with van der Waals surface area (Å²) in [6.45, 7) is 4.24. The van der Waals surface area contributed by atoms with Gasteiger partial charge < -0.3 is 14.2 Å². The van der Waals surface area contributed by atoms with Crippen molar-refractivity contribution < 1.29 is 19.0 Å². The van der Waals surface area contributed by atoms with E-state index in [0.29, 0.717) is 23.2 Å². The number of hydrogen-bond acceptors (Lipinski definition) is 4. The van der Waals surface area contributed by atoms with Gasteiger partial charge in [-0.05, 0) is 47.4 Å². The molecule has 0 atom stereocenters. The number of carbonyl (C=O) groups is 1. The second-order valence-electron chi connectivity index (χ2n) is 5.59. The third kappa shape index (κ3) is 4.62. The highest BCUT2D eigenvalue weighted by Gasteiger charge is 2.05. The Balaban J connectivity index is 2.02. The molecular formula is C20H22O4. The van der Waals surface area contributed by atoms with Crippen molar-refractivity contribution in [2.24, 2.45) is 0 Å². The third-order valence-corrected chi connectivity index (χ3v) is 3.58. The molecule has 0 fully saturated rings. The normalized spacial score (nSPS) is 10.9. The number of ether oxygens (including phenoxy) is 3. The number of esters is 1. The number of carbonyl (C=O) groups excluding carboxylic acids is 1. The summed E-state index contributed by atoms with van der Waals surface area (Å²) < 4.78 is 15.7. The lowest BCUT2D eigenvalue weighted by Gasteiger charge is -2.08. The van der Waals surface area contributed by atoms with Crippen LogP contribution in [-0.4, -0.2) is 20.2 Å². The van der Waals surface area contributed by atoms with Crippen molar-refractivity contribution in [3.05, 3.63) is 59.7 Å². The third-order valence-electron chi connectivity index (χ3n) is 3.58. The first-order chi connectivity index (χ1) is 11.5. The van der Waals surface area contributed by atoms with Crippen molar-refractivity contribution in [1.29, 1.82) is 0 Å². The lowest BCUT2D eigenvalue weighted by molar-refractivity contribution is -0.128. The maximum atomic E-state index is 11.9. The number of methoxy groups -OCH3 is 2. The minimum Gasteiger partial charge on any atom is -0.493 e. The number of rotatable bonds is 6. The summed E-state index contributed by atoms with van der Waals surface area (Å²) in [7, 11) is 3.15. The van der Waals surface area contributed by atoms with Crippen LogP contribution in [0.25, 0.3) is 6.08 Å². The second kappa shape index (κ2) is 8.20. The molecule has 24 heavy (non-hydrogen) atoms. The van der Waals surface area contributed by atoms with Crippen LogP contribution in [0.5, 0.6) is 17.2 Å². The zero-order chi connectivity index (χ0) is 17.5. The van der Waals surface area contributed by atoms with E-state index in [2.05, 4.69) is 13.8 Å². The molecular weight excluding hydrogens is 304 g/mol. The monoisotopic (exact) mass is 326 g/mol. The van der Waals surface area contributed by atoms with Crippen molar-refractivity contribution in [2.75, 3.05) is 14.2 Å². The van der Waals surface area contributed by atoms with Gasteiger partial charge in [0.15, 0.2) is 11.5 Å². The molecule has 0 aliphatic heterocycles. The Bertz CT molecular complexity index is 715. The summed E-state index contributed by atoms with van der Waals surface area (Å²) in [6, 6.07) is 12.9. The Morgan fingerprint density at radius 1 is 0.958 bits per heavy atom. The smallest absolute Gasteiger partial charge is 0.336 e. The summed E-state index contributed by atoms with van der Waals surface area (Å²) in [6.07, 6.45) is 3.06. The molecule has 0 heterocycles. The Hall–Kier alpha value is -2.75. The molecule has 0 saturated carbocycles. The fourth-order valence-corrected chi connectivity index (χ4v) is 2.19. The van der Waals surface area contributed by atoms with E-state index in [-0.39, 0.29) is 0 Å². The van der Waals surface area contributed by atoms with Crippen molar-refractivity contribution in [3.8, 4) is 17.2 Å². The molecule has 0 aliphatic carbocycles. The number of benzene rings is 2. The van der Waals surface area contributed by atoms with Gasteiger partial charge in [-0.3, -0.25) is 0 Å². The molecule has 0 N–H and O–H groups in total. The molecule has 0 amide bonds. The molecule has 0 bridgehead atoms. The van der Waals surface area contributed by atoms with Gasteiger partial charge in [-0.2, -0.15) is 0 Å². The molecule has 0 spiro atoms. The Morgan fingerprint density at radius 2 is 1.62 bits per heavy atom. The SMILES string of the molecule is COc1ccc(/C=C/C(=O)Oc2ccc(C(C)C)cc2)cc1OC. The van der Waals surface area contributed by atoms with Gasteiger partial charge in [0.05, 0.1) is 14.2 Å². The van der Waals surface area contributed by atoms with Gasteiger partial charge in [0, 0.05) is 6.08 Å². The van der Waals surface area contributed by atoms with Crippen LogP contribution >= 0.6 is 0 Å². The molecule has 0 radical (unpaired) electrons. The highest BCUT2D eigenvalue weighted by molar-refractivity contribution is 5.88. The van der Waals surface area contributed by atoms with Crippen LogP contribution in [0.4, 0.5) is 0 Å². The van der Waals surface area contributed by atoms with Crippen LogP contribution in [0.15, 0.2) is 48.5 Å². The average molecular weight is 326 g/mol. The van der Waals surface area contributed by atoms with E-state index in [1.54, 1.807) is 44.6 Å². The highest BCUT2D eigenvalue weighted by Crippen LogP contribution is 2.28. The van der Waals surface area contributed by atoms with Crippen molar-refractivity contribution in [1.82, 2.24) is 0 Å². The molecule has 0 aromatic heterocycles. The van der Waals surface area contributed by atoms with E-state index < -0.39 is 5.97 Å². The summed E-state index contributed by atoms with van der Waals surface area (Å²) >= 11 is 0. The van der Waals surface area contributed by atoms with Crippen molar-refractivity contribution in [3.63, 3.8) is 0 Å². The predicted octanol–water partition coefficient (Wildman–Crippen LogP) is 4.45. The summed E-state index contributed by atoms with van der Waals surface area (Å²) in [5.41, 5.74) is 2.02. The quantitative estimate of drug-likeness (QED) is 0.447. The zero-order valence-electron chi connectivity index (χ0n) is 14.4. The van der Waals surface area contributed by atoms with E-state index in [1.165, 1.54) is 11.6 Å². The standard InChI is InChI=1S/C20H22O4/c1-14(2)16-7-9-17(10-8-16)24-20(21)12-6-15-5-11-18(22-3)19(13-15)23-4/h5-14H,1-4H3/b12-6+. The molecule has 2 rings (SSSR count). The second-order valence-corrected chi connectivity index (χ2v) is 5.59. The van der Waals surface area contributed by atoms with E-state index in [9.17, 15) is 4.79 Å². The van der Waals surface area contributed by atoms with Gasteiger partial charge in [0.1, 0.15) is 5.75 Å². The van der Waals surface area contributed by atoms with Crippen LogP contribution in [-0.2, 0) is 4.79 Å². The van der Waals surface area contributed by atoms with Crippen LogP contribution in [0.2, 0.25) is 0 Å². The summed E-state index contributed by atoms with van der Waals surface area (Å²) in [4.78, 5) is 11.9. The van der Waals surface area contributed by atoms with Crippen LogP contribution in [0.3, 0.4) is 0 Å². The fraction of sp³-hybridized carbons (Fsp3) is 0.250. The minimum atomic E-state index is -0.429. The fourth-order valence-electron chi connectivity index (χ4n) is 2.19. The van der Waals surface area contributed by atoms with Crippen LogP contribution in [0, 0.1) is 0 Å². The van der Waals surface area contributed by atoms with Gasteiger partial charge in [0.25, 0.3) is 0 Å². The largest absolute Gasteiger partial charge is 0.493 e. The maximum absolute atomic E-state index is 11.9. The van der Waals surface area contributed by atoms with E-state index in [4.69, 9.17) is 14.2 Å². The molecule has 0 unspecified atom stereocenters. The maximum Gasteiger partial charge on any atom is 0.336 e. The Labute approximate surface area is 142 Å². The average Bonchev–Trinajstić information content (AvgIpc) is 2.60. The van der Waals surface area contributed by atoms with Crippen molar-refractivity contribution in [2.45, 2.75) is 19.8 Å². The molecule has 4 heteroatoms. The van der Waals surface area contributed by atoms with Crippen molar-refractivity contribution >= 4 is 12.0 Å². The first-order valence-electron chi connectivity index (χ1n) is 7.75. The molecule has 0 saturated heterocycles. The Kier molecular flexibility index (Phi) is 6.01. The first kappa shape index (κ1) is 17.6. The van der Waals surface area contributed by atoms with Crippen LogP contribution < -0.4 is 14.2 Å². The molecule has 2 aromatic carbocycles. The van der Waals surface area contributed by atoms with Gasteiger partial charge in [-0.1, -0.05) is 32.0 Å². The van der Waals surface area contributed by atoms with Gasteiger partial charge in [-0.25, -0.2) is 4.79 Å². The van der Waals surface area contributed by atoms with Gasteiger partial charge in [-0.15, -0.1) is 0 Å². The van der Waals surface area contributed by atoms with E-state index in [0.717, 1.165) is 5.56 Å². The van der Waals surface area contributed by atoms with Gasteiger partial charge in [0.2, 0.25) is 0 Å².